The lowest BCUT2D eigenvalue weighted by Crippen LogP contribution is -2.19. The van der Waals surface area contributed by atoms with Gasteiger partial charge in [-0.3, -0.25) is 8.74 Å². The molecule has 0 bridgehead atoms. The van der Waals surface area contributed by atoms with E-state index in [0.29, 0.717) is 6.61 Å². The standard InChI is InChI=1S/C6H16O3SSi/c1-11(2,3)6-4-5-9-10(7)8/h4-6H2,1-3H3,(H,7,8). The Kier molecular flexibility index (Phi) is 5.16. The van der Waals surface area contributed by atoms with E-state index in [4.69, 9.17) is 4.55 Å². The van der Waals surface area contributed by atoms with Gasteiger partial charge in [0.05, 0.1) is 6.61 Å². The summed E-state index contributed by atoms with van der Waals surface area (Å²) in [6, 6.07) is 1.14. The van der Waals surface area contributed by atoms with Crippen molar-refractivity contribution in [2.45, 2.75) is 32.1 Å². The van der Waals surface area contributed by atoms with Crippen molar-refractivity contribution in [2.24, 2.45) is 0 Å². The highest BCUT2D eigenvalue weighted by molar-refractivity contribution is 7.74. The normalized spacial score (nSPS) is 14.9. The van der Waals surface area contributed by atoms with Gasteiger partial charge in [0.25, 0.3) is 0 Å². The van der Waals surface area contributed by atoms with Crippen molar-refractivity contribution < 1.29 is 12.9 Å². The van der Waals surface area contributed by atoms with E-state index in [0.717, 1.165) is 12.5 Å². The summed E-state index contributed by atoms with van der Waals surface area (Å²) in [7, 11) is -0.990. The van der Waals surface area contributed by atoms with Crippen LogP contribution in [0.15, 0.2) is 0 Å². The minimum absolute atomic E-state index is 0.396. The van der Waals surface area contributed by atoms with Crippen LogP contribution in [0, 0.1) is 0 Å². The molecule has 1 atom stereocenters. The van der Waals surface area contributed by atoms with Gasteiger partial charge in [-0.05, 0) is 6.42 Å². The first-order valence-electron chi connectivity index (χ1n) is 3.66. The Labute approximate surface area is 71.6 Å². The third-order valence-corrected chi connectivity index (χ3v) is 3.48. The third-order valence-electron chi connectivity index (χ3n) is 1.26. The van der Waals surface area contributed by atoms with Crippen molar-refractivity contribution in [3.05, 3.63) is 0 Å². The molecule has 1 unspecified atom stereocenters. The molecule has 68 valence electrons. The zero-order chi connectivity index (χ0) is 8.91. The summed E-state index contributed by atoms with van der Waals surface area (Å²) < 4.78 is 22.8. The van der Waals surface area contributed by atoms with Gasteiger partial charge in [-0.15, -0.1) is 0 Å². The Morgan fingerprint density at radius 2 is 2.00 bits per heavy atom. The second-order valence-corrected chi connectivity index (χ2v) is 9.99. The van der Waals surface area contributed by atoms with Crippen molar-refractivity contribution in [2.75, 3.05) is 6.61 Å². The van der Waals surface area contributed by atoms with Gasteiger partial charge in [-0.2, -0.15) is 4.21 Å². The van der Waals surface area contributed by atoms with Crippen LogP contribution < -0.4 is 0 Å². The maximum Gasteiger partial charge on any atom is 0.301 e. The van der Waals surface area contributed by atoms with Crippen molar-refractivity contribution in [1.82, 2.24) is 0 Å². The van der Waals surface area contributed by atoms with E-state index in [1.54, 1.807) is 0 Å². The van der Waals surface area contributed by atoms with Crippen LogP contribution in [-0.4, -0.2) is 23.4 Å². The Hall–Kier alpha value is 0.287. The molecule has 1 N–H and O–H groups in total. The molecule has 0 aliphatic carbocycles. The lowest BCUT2D eigenvalue weighted by molar-refractivity contribution is 0.306. The number of rotatable bonds is 5. The molecular weight excluding hydrogens is 180 g/mol. The van der Waals surface area contributed by atoms with Crippen LogP contribution in [-0.2, 0) is 15.5 Å². The summed E-state index contributed by atoms with van der Waals surface area (Å²) in [5.41, 5.74) is 0. The van der Waals surface area contributed by atoms with Crippen LogP contribution in [0.3, 0.4) is 0 Å². The molecule has 0 radical (unpaired) electrons. The monoisotopic (exact) mass is 196 g/mol. The minimum atomic E-state index is -2.08. The van der Waals surface area contributed by atoms with Gasteiger partial charge >= 0.3 is 11.4 Å². The molecule has 0 amide bonds. The average Bonchev–Trinajstić information content (AvgIpc) is 1.78. The van der Waals surface area contributed by atoms with E-state index >= 15 is 0 Å². The first-order chi connectivity index (χ1) is 4.92. The first-order valence-corrected chi connectivity index (χ1v) is 8.40. The summed E-state index contributed by atoms with van der Waals surface area (Å²) in [5, 5.41) is 0. The molecule has 0 aliphatic rings. The number of hydrogen-bond acceptors (Lipinski definition) is 2. The molecule has 0 heterocycles. The van der Waals surface area contributed by atoms with E-state index in [1.165, 1.54) is 0 Å². The zero-order valence-corrected chi connectivity index (χ0v) is 9.11. The summed E-state index contributed by atoms with van der Waals surface area (Å²) >= 11 is -2.08. The van der Waals surface area contributed by atoms with Gasteiger partial charge in [0.15, 0.2) is 0 Å². The Morgan fingerprint density at radius 3 is 2.36 bits per heavy atom. The van der Waals surface area contributed by atoms with Gasteiger partial charge in [-0.1, -0.05) is 25.7 Å². The summed E-state index contributed by atoms with van der Waals surface area (Å²) in [6.07, 6.45) is 0.891. The molecule has 3 nitrogen and oxygen atoms in total. The molecule has 0 aromatic rings. The van der Waals surface area contributed by atoms with Crippen molar-refractivity contribution >= 4 is 19.4 Å². The average molecular weight is 196 g/mol. The predicted molar refractivity (Wildman–Crippen MR) is 49.5 cm³/mol. The fourth-order valence-corrected chi connectivity index (χ4v) is 2.20. The van der Waals surface area contributed by atoms with Crippen molar-refractivity contribution in [3.63, 3.8) is 0 Å². The molecule has 11 heavy (non-hydrogen) atoms. The van der Waals surface area contributed by atoms with Gasteiger partial charge in [-0.25, -0.2) is 0 Å². The fraction of sp³-hybridized carbons (Fsp3) is 1.00. The van der Waals surface area contributed by atoms with Crippen LogP contribution in [0.25, 0.3) is 0 Å². The highest BCUT2D eigenvalue weighted by Crippen LogP contribution is 2.10. The first kappa shape index (κ1) is 11.3. The molecule has 0 saturated carbocycles. The lowest BCUT2D eigenvalue weighted by Gasteiger charge is -2.14. The molecule has 0 aromatic carbocycles. The van der Waals surface area contributed by atoms with E-state index in [2.05, 4.69) is 23.8 Å². The third kappa shape index (κ3) is 10.3. The topological polar surface area (TPSA) is 46.5 Å². The van der Waals surface area contributed by atoms with Crippen LogP contribution >= 0.6 is 0 Å². The fourth-order valence-electron chi connectivity index (χ4n) is 0.733. The highest BCUT2D eigenvalue weighted by atomic mass is 32.2. The largest absolute Gasteiger partial charge is 0.301 e. The zero-order valence-electron chi connectivity index (χ0n) is 7.29. The Bertz CT molecular complexity index is 132. The van der Waals surface area contributed by atoms with Crippen LogP contribution in [0.1, 0.15) is 6.42 Å². The molecule has 0 aliphatic heterocycles. The summed E-state index contributed by atoms with van der Waals surface area (Å²) in [4.78, 5) is 0. The summed E-state index contributed by atoms with van der Waals surface area (Å²) in [6.45, 7) is 7.20. The second kappa shape index (κ2) is 5.03. The van der Waals surface area contributed by atoms with Gasteiger partial charge in [0.2, 0.25) is 0 Å². The van der Waals surface area contributed by atoms with Crippen LogP contribution in [0.4, 0.5) is 0 Å². The minimum Gasteiger partial charge on any atom is -0.284 e. The van der Waals surface area contributed by atoms with Gasteiger partial charge in [0, 0.05) is 8.07 Å². The molecule has 0 fully saturated rings. The van der Waals surface area contributed by atoms with Crippen LogP contribution in [0.2, 0.25) is 25.7 Å². The second-order valence-electron chi connectivity index (χ2n) is 3.70. The quantitative estimate of drug-likeness (QED) is 0.415. The van der Waals surface area contributed by atoms with E-state index < -0.39 is 19.4 Å². The molecular formula is C6H16O3SSi. The smallest absolute Gasteiger partial charge is 0.284 e. The Balaban J connectivity index is 3.22. The van der Waals surface area contributed by atoms with E-state index in [-0.39, 0.29) is 0 Å². The molecule has 0 saturated heterocycles. The maximum atomic E-state index is 10.0. The van der Waals surface area contributed by atoms with Crippen LogP contribution in [0.5, 0.6) is 0 Å². The maximum absolute atomic E-state index is 10.0. The SMILES string of the molecule is C[Si](C)(C)CCCOS(=O)O. The Morgan fingerprint density at radius 1 is 1.45 bits per heavy atom. The van der Waals surface area contributed by atoms with Gasteiger partial charge in [0.1, 0.15) is 0 Å². The molecule has 5 heteroatoms. The van der Waals surface area contributed by atoms with E-state index in [1.807, 2.05) is 0 Å². The highest BCUT2D eigenvalue weighted by Gasteiger charge is 2.11. The summed E-state index contributed by atoms with van der Waals surface area (Å²) in [5.74, 6) is 0. The van der Waals surface area contributed by atoms with Crippen molar-refractivity contribution in [3.8, 4) is 0 Å². The lowest BCUT2D eigenvalue weighted by atomic mass is 10.5. The van der Waals surface area contributed by atoms with E-state index in [9.17, 15) is 4.21 Å². The molecule has 0 aromatic heterocycles. The predicted octanol–water partition coefficient (Wildman–Crippen LogP) is 1.87. The van der Waals surface area contributed by atoms with Crippen molar-refractivity contribution in [1.29, 1.82) is 0 Å². The molecule has 0 rings (SSSR count). The van der Waals surface area contributed by atoms with Gasteiger partial charge < -0.3 is 0 Å². The molecule has 0 spiro atoms. The number of hydrogen-bond donors (Lipinski definition) is 1.